The number of rotatable bonds is 7. The lowest BCUT2D eigenvalue weighted by atomic mass is 10.2. The molecule has 0 unspecified atom stereocenters. The Morgan fingerprint density at radius 2 is 1.95 bits per heavy atom. The molecule has 2 N–H and O–H groups in total. The van der Waals surface area contributed by atoms with E-state index in [2.05, 4.69) is 22.6 Å². The Morgan fingerprint density at radius 3 is 2.62 bits per heavy atom. The number of likely N-dealkylation sites (N-methyl/N-ethyl adjacent to an activating group) is 1. The van der Waals surface area contributed by atoms with Gasteiger partial charge in [-0.3, -0.25) is 4.79 Å². The molecule has 1 aromatic carbocycles. The van der Waals surface area contributed by atoms with Crippen LogP contribution in [0.2, 0.25) is 5.02 Å². The average Bonchev–Trinajstić information content (AvgIpc) is 3.00. The minimum atomic E-state index is -0.0270. The summed E-state index contributed by atoms with van der Waals surface area (Å²) in [4.78, 5) is 14.2. The van der Waals surface area contributed by atoms with Gasteiger partial charge in [0.2, 0.25) is 5.91 Å². The fraction of sp³-hybridized carbons (Fsp3) is 0.562. The van der Waals surface area contributed by atoms with Crippen molar-refractivity contribution in [1.29, 1.82) is 0 Å². The lowest BCUT2D eigenvalue weighted by Crippen LogP contribution is -2.37. The van der Waals surface area contributed by atoms with Crippen LogP contribution in [0.1, 0.15) is 25.7 Å². The zero-order valence-corrected chi connectivity index (χ0v) is 13.3. The van der Waals surface area contributed by atoms with Crippen LogP contribution in [-0.2, 0) is 4.79 Å². The summed E-state index contributed by atoms with van der Waals surface area (Å²) in [5.74, 6) is -0.0270. The van der Waals surface area contributed by atoms with Gasteiger partial charge in [-0.05, 0) is 44.2 Å². The molecule has 1 fully saturated rings. The van der Waals surface area contributed by atoms with Crippen LogP contribution in [0.25, 0.3) is 0 Å². The molecule has 116 valence electrons. The zero-order chi connectivity index (χ0) is 15.1. The number of amides is 1. The van der Waals surface area contributed by atoms with E-state index in [1.165, 1.54) is 25.7 Å². The highest BCUT2D eigenvalue weighted by Gasteiger charge is 2.18. The van der Waals surface area contributed by atoms with Crippen molar-refractivity contribution in [3.05, 3.63) is 29.3 Å². The second-order valence-electron chi connectivity index (χ2n) is 5.65. The fourth-order valence-corrected chi connectivity index (χ4v) is 2.85. The van der Waals surface area contributed by atoms with E-state index in [1.54, 1.807) is 24.3 Å². The molecule has 0 atom stereocenters. The molecule has 0 heterocycles. The van der Waals surface area contributed by atoms with Crippen LogP contribution < -0.4 is 10.6 Å². The fourth-order valence-electron chi connectivity index (χ4n) is 2.72. The van der Waals surface area contributed by atoms with Crippen molar-refractivity contribution in [3.63, 3.8) is 0 Å². The highest BCUT2D eigenvalue weighted by atomic mass is 35.5. The number of hydrogen-bond acceptors (Lipinski definition) is 3. The SMILES string of the molecule is CN(CCNCC(=O)Nc1ccc(Cl)cc1)C1CCCC1. The van der Waals surface area contributed by atoms with Gasteiger partial charge in [-0.15, -0.1) is 0 Å². The van der Waals surface area contributed by atoms with Crippen LogP contribution in [-0.4, -0.2) is 43.5 Å². The molecule has 21 heavy (non-hydrogen) atoms. The van der Waals surface area contributed by atoms with E-state index in [9.17, 15) is 4.79 Å². The Hall–Kier alpha value is -1.10. The predicted octanol–water partition coefficient (Wildman–Crippen LogP) is 2.74. The lowest BCUT2D eigenvalue weighted by Gasteiger charge is -2.23. The molecule has 0 bridgehead atoms. The third-order valence-electron chi connectivity index (χ3n) is 4.00. The minimum absolute atomic E-state index is 0.0270. The van der Waals surface area contributed by atoms with Crippen LogP contribution in [0.4, 0.5) is 5.69 Å². The van der Waals surface area contributed by atoms with Crippen molar-refractivity contribution in [2.24, 2.45) is 0 Å². The summed E-state index contributed by atoms with van der Waals surface area (Å²) in [7, 11) is 2.17. The van der Waals surface area contributed by atoms with Crippen molar-refractivity contribution >= 4 is 23.2 Å². The maximum absolute atomic E-state index is 11.8. The molecule has 1 saturated carbocycles. The second-order valence-corrected chi connectivity index (χ2v) is 6.09. The quantitative estimate of drug-likeness (QED) is 0.761. The van der Waals surface area contributed by atoms with Gasteiger partial charge in [-0.1, -0.05) is 24.4 Å². The molecular weight excluding hydrogens is 286 g/mol. The molecule has 4 nitrogen and oxygen atoms in total. The second kappa shape index (κ2) is 8.37. The monoisotopic (exact) mass is 309 g/mol. The Morgan fingerprint density at radius 1 is 1.29 bits per heavy atom. The van der Waals surface area contributed by atoms with Crippen LogP contribution >= 0.6 is 11.6 Å². The summed E-state index contributed by atoms with van der Waals surface area (Å²) < 4.78 is 0. The molecule has 1 aliphatic rings. The van der Waals surface area contributed by atoms with Gasteiger partial charge in [0.05, 0.1) is 6.54 Å². The topological polar surface area (TPSA) is 44.4 Å². The van der Waals surface area contributed by atoms with Crippen molar-refractivity contribution in [2.45, 2.75) is 31.7 Å². The van der Waals surface area contributed by atoms with Gasteiger partial charge in [0.15, 0.2) is 0 Å². The number of halogens is 1. The third kappa shape index (κ3) is 5.65. The summed E-state index contributed by atoms with van der Waals surface area (Å²) >= 11 is 5.80. The van der Waals surface area contributed by atoms with Gasteiger partial charge < -0.3 is 15.5 Å². The molecule has 0 aromatic heterocycles. The Balaban J connectivity index is 1.59. The van der Waals surface area contributed by atoms with E-state index in [1.807, 2.05) is 0 Å². The molecule has 0 aliphatic heterocycles. The van der Waals surface area contributed by atoms with Crippen molar-refractivity contribution in [1.82, 2.24) is 10.2 Å². The van der Waals surface area contributed by atoms with Gasteiger partial charge in [-0.25, -0.2) is 0 Å². The highest BCUT2D eigenvalue weighted by Crippen LogP contribution is 2.21. The Kier molecular flexibility index (Phi) is 6.49. The molecule has 1 aromatic rings. The van der Waals surface area contributed by atoms with Crippen LogP contribution in [0.15, 0.2) is 24.3 Å². The number of carbonyl (C=O) groups is 1. The molecular formula is C16H24ClN3O. The maximum Gasteiger partial charge on any atom is 0.238 e. The number of carbonyl (C=O) groups excluding carboxylic acids is 1. The largest absolute Gasteiger partial charge is 0.325 e. The molecule has 2 rings (SSSR count). The number of anilines is 1. The first-order valence-corrected chi connectivity index (χ1v) is 7.99. The van der Waals surface area contributed by atoms with Crippen molar-refractivity contribution in [2.75, 3.05) is 32.0 Å². The van der Waals surface area contributed by atoms with Gasteiger partial charge in [-0.2, -0.15) is 0 Å². The molecule has 0 saturated heterocycles. The van der Waals surface area contributed by atoms with Crippen LogP contribution in [0, 0.1) is 0 Å². The van der Waals surface area contributed by atoms with E-state index < -0.39 is 0 Å². The van der Waals surface area contributed by atoms with Gasteiger partial charge >= 0.3 is 0 Å². The van der Waals surface area contributed by atoms with Crippen molar-refractivity contribution < 1.29 is 4.79 Å². The molecule has 1 amide bonds. The first-order valence-electron chi connectivity index (χ1n) is 7.61. The van der Waals surface area contributed by atoms with Gasteiger partial charge in [0.1, 0.15) is 0 Å². The van der Waals surface area contributed by atoms with E-state index >= 15 is 0 Å². The molecule has 5 heteroatoms. The van der Waals surface area contributed by atoms with E-state index in [4.69, 9.17) is 11.6 Å². The van der Waals surface area contributed by atoms with Crippen LogP contribution in [0.5, 0.6) is 0 Å². The van der Waals surface area contributed by atoms with E-state index in [0.29, 0.717) is 11.6 Å². The number of benzene rings is 1. The van der Waals surface area contributed by atoms with E-state index in [-0.39, 0.29) is 5.91 Å². The minimum Gasteiger partial charge on any atom is -0.325 e. The number of hydrogen-bond donors (Lipinski definition) is 2. The summed E-state index contributed by atoms with van der Waals surface area (Å²) in [6.45, 7) is 2.15. The predicted molar refractivity (Wildman–Crippen MR) is 87.8 cm³/mol. The standard InChI is InChI=1S/C16H24ClN3O/c1-20(15-4-2-3-5-15)11-10-18-12-16(21)19-14-8-6-13(17)7-9-14/h6-9,15,18H,2-5,10-12H2,1H3,(H,19,21). The van der Waals surface area contributed by atoms with E-state index in [0.717, 1.165) is 24.8 Å². The van der Waals surface area contributed by atoms with Crippen molar-refractivity contribution in [3.8, 4) is 0 Å². The first kappa shape index (κ1) is 16.3. The summed E-state index contributed by atoms with van der Waals surface area (Å²) in [6.07, 6.45) is 5.33. The average molecular weight is 310 g/mol. The summed E-state index contributed by atoms with van der Waals surface area (Å²) in [5.41, 5.74) is 0.772. The highest BCUT2D eigenvalue weighted by molar-refractivity contribution is 6.30. The summed E-state index contributed by atoms with van der Waals surface area (Å²) in [6, 6.07) is 7.86. The maximum atomic E-state index is 11.8. The van der Waals surface area contributed by atoms with Gasteiger partial charge in [0, 0.05) is 29.8 Å². The Bertz CT molecular complexity index is 443. The molecule has 0 radical (unpaired) electrons. The molecule has 1 aliphatic carbocycles. The van der Waals surface area contributed by atoms with Crippen LogP contribution in [0.3, 0.4) is 0 Å². The third-order valence-corrected chi connectivity index (χ3v) is 4.25. The summed E-state index contributed by atoms with van der Waals surface area (Å²) in [5, 5.41) is 6.70. The number of nitrogens with zero attached hydrogens (tertiary/aromatic N) is 1. The number of nitrogens with one attached hydrogen (secondary N) is 2. The smallest absolute Gasteiger partial charge is 0.238 e. The lowest BCUT2D eigenvalue weighted by molar-refractivity contribution is -0.115. The first-order chi connectivity index (χ1) is 10.1. The zero-order valence-electron chi connectivity index (χ0n) is 12.6. The Labute approximate surface area is 131 Å². The van der Waals surface area contributed by atoms with Gasteiger partial charge in [0.25, 0.3) is 0 Å². The molecule has 0 spiro atoms. The normalized spacial score (nSPS) is 15.6.